The molecule has 1 saturated heterocycles. The Kier molecular flexibility index (Phi) is 5.01. The Hall–Kier alpha value is -1.69. The summed E-state index contributed by atoms with van der Waals surface area (Å²) in [7, 11) is 1.54. The number of ether oxygens (including phenoxy) is 2. The molecular formula is C16H25N3O3. The molecule has 122 valence electrons. The number of hydrogen-bond acceptors (Lipinski definition) is 5. The van der Waals surface area contributed by atoms with Crippen molar-refractivity contribution in [3.05, 3.63) is 18.0 Å². The van der Waals surface area contributed by atoms with E-state index < -0.39 is 0 Å². The van der Waals surface area contributed by atoms with Crippen LogP contribution < -0.4 is 10.1 Å². The van der Waals surface area contributed by atoms with Crippen LogP contribution in [0, 0.1) is 5.41 Å². The van der Waals surface area contributed by atoms with Gasteiger partial charge in [0, 0.05) is 30.9 Å². The number of methoxy groups -OCH3 is 1. The van der Waals surface area contributed by atoms with E-state index in [1.807, 2.05) is 0 Å². The van der Waals surface area contributed by atoms with Gasteiger partial charge in [-0.2, -0.15) is 0 Å². The maximum Gasteiger partial charge on any atom is 0.316 e. The van der Waals surface area contributed by atoms with Crippen LogP contribution in [0.2, 0.25) is 0 Å². The predicted molar refractivity (Wildman–Crippen MR) is 82.5 cm³/mol. The largest absolute Gasteiger partial charge is 0.467 e. The van der Waals surface area contributed by atoms with Crippen molar-refractivity contribution >= 4 is 5.91 Å². The molecule has 3 atom stereocenters. The second kappa shape index (κ2) is 6.60. The zero-order valence-corrected chi connectivity index (χ0v) is 13.9. The molecule has 1 fully saturated rings. The van der Waals surface area contributed by atoms with Gasteiger partial charge in [0.1, 0.15) is 0 Å². The van der Waals surface area contributed by atoms with E-state index in [0.29, 0.717) is 6.01 Å². The fourth-order valence-electron chi connectivity index (χ4n) is 2.70. The zero-order valence-electron chi connectivity index (χ0n) is 13.9. The van der Waals surface area contributed by atoms with Gasteiger partial charge in [-0.15, -0.1) is 0 Å². The van der Waals surface area contributed by atoms with E-state index in [0.717, 1.165) is 18.4 Å². The summed E-state index contributed by atoms with van der Waals surface area (Å²) in [5.74, 6) is -0.00992. The molecule has 22 heavy (non-hydrogen) atoms. The highest BCUT2D eigenvalue weighted by atomic mass is 16.5. The molecule has 1 aliphatic heterocycles. The van der Waals surface area contributed by atoms with Crippen LogP contribution in [0.3, 0.4) is 0 Å². The van der Waals surface area contributed by atoms with Crippen molar-refractivity contribution in [3.8, 4) is 6.01 Å². The van der Waals surface area contributed by atoms with E-state index in [9.17, 15) is 4.79 Å². The summed E-state index contributed by atoms with van der Waals surface area (Å²) in [5, 5.41) is 3.02. The molecule has 1 aromatic heterocycles. The first-order chi connectivity index (χ1) is 10.3. The third kappa shape index (κ3) is 4.16. The van der Waals surface area contributed by atoms with E-state index in [1.54, 1.807) is 19.3 Å². The summed E-state index contributed by atoms with van der Waals surface area (Å²) in [4.78, 5) is 19.7. The van der Waals surface area contributed by atoms with Crippen LogP contribution >= 0.6 is 0 Å². The third-order valence-electron chi connectivity index (χ3n) is 3.90. The molecule has 1 N–H and O–H groups in total. The lowest BCUT2D eigenvalue weighted by atomic mass is 9.81. The van der Waals surface area contributed by atoms with Crippen LogP contribution in [0.5, 0.6) is 6.01 Å². The topological polar surface area (TPSA) is 73.3 Å². The molecule has 6 nitrogen and oxygen atoms in total. The van der Waals surface area contributed by atoms with E-state index in [4.69, 9.17) is 9.47 Å². The van der Waals surface area contributed by atoms with Gasteiger partial charge in [0.25, 0.3) is 0 Å². The number of amides is 1. The van der Waals surface area contributed by atoms with Crippen LogP contribution in [0.4, 0.5) is 0 Å². The van der Waals surface area contributed by atoms with E-state index in [-0.39, 0.29) is 29.6 Å². The number of nitrogens with one attached hydrogen (secondary N) is 1. The predicted octanol–water partition coefficient (Wildman–Crippen LogP) is 2.26. The molecule has 0 unspecified atom stereocenters. The molecule has 2 heterocycles. The Morgan fingerprint density at radius 3 is 2.45 bits per heavy atom. The minimum Gasteiger partial charge on any atom is -0.467 e. The molecule has 2 rings (SSSR count). The lowest BCUT2D eigenvalue weighted by molar-refractivity contribution is -0.127. The summed E-state index contributed by atoms with van der Waals surface area (Å²) < 4.78 is 11.2. The number of aromatic nitrogens is 2. The van der Waals surface area contributed by atoms with Crippen LogP contribution in [0.1, 0.15) is 52.2 Å². The minimum atomic E-state index is -0.124. The molecule has 0 aliphatic carbocycles. The van der Waals surface area contributed by atoms with Crippen molar-refractivity contribution in [3.63, 3.8) is 0 Å². The fraction of sp³-hybridized carbons (Fsp3) is 0.688. The lowest BCUT2D eigenvalue weighted by Crippen LogP contribution is -2.46. The molecule has 0 bridgehead atoms. The highest BCUT2D eigenvalue weighted by molar-refractivity contribution is 5.73. The molecule has 0 spiro atoms. The van der Waals surface area contributed by atoms with Gasteiger partial charge < -0.3 is 14.8 Å². The molecule has 6 heteroatoms. The van der Waals surface area contributed by atoms with Gasteiger partial charge in [0.15, 0.2) is 0 Å². The highest BCUT2D eigenvalue weighted by Gasteiger charge is 2.37. The Morgan fingerprint density at radius 1 is 1.32 bits per heavy atom. The summed E-state index contributed by atoms with van der Waals surface area (Å²) in [6.07, 6.45) is 4.93. The molecule has 0 radical (unpaired) electrons. The molecule has 0 saturated carbocycles. The smallest absolute Gasteiger partial charge is 0.316 e. The van der Waals surface area contributed by atoms with Gasteiger partial charge in [-0.05, 0) is 18.3 Å². The van der Waals surface area contributed by atoms with Crippen LogP contribution in [-0.4, -0.2) is 35.1 Å². The lowest BCUT2D eigenvalue weighted by Gasteiger charge is -2.41. The first kappa shape index (κ1) is 16.7. The van der Waals surface area contributed by atoms with Crippen LogP contribution in [0.25, 0.3) is 0 Å². The number of nitrogens with zero attached hydrogens (tertiary/aromatic N) is 2. The summed E-state index contributed by atoms with van der Waals surface area (Å²) in [5.41, 5.74) is 0.910. The maximum atomic E-state index is 11.4. The first-order valence-electron chi connectivity index (χ1n) is 7.58. The van der Waals surface area contributed by atoms with Gasteiger partial charge in [-0.25, -0.2) is 9.97 Å². The second-order valence-electron chi connectivity index (χ2n) is 6.85. The summed E-state index contributed by atoms with van der Waals surface area (Å²) >= 11 is 0. The standard InChI is InChI=1S/C16H25N3O3/c1-10(20)19-12-6-13(22-14(7-12)16(2,3)4)11-8-17-15(21-5)18-9-11/h8-9,12-14H,6-7H2,1-5H3,(H,19,20)/t12-,13-,14+/m1/s1. The summed E-state index contributed by atoms with van der Waals surface area (Å²) in [6, 6.07) is 0.438. The van der Waals surface area contributed by atoms with Crippen LogP contribution in [-0.2, 0) is 9.53 Å². The average molecular weight is 307 g/mol. The SMILES string of the molecule is COc1ncc([C@H]2C[C@@H](NC(C)=O)C[C@@H](C(C)(C)C)O2)cn1. The van der Waals surface area contributed by atoms with Gasteiger partial charge in [-0.3, -0.25) is 4.79 Å². The summed E-state index contributed by atoms with van der Waals surface area (Å²) in [6.45, 7) is 7.99. The van der Waals surface area contributed by atoms with Crippen LogP contribution in [0.15, 0.2) is 12.4 Å². The van der Waals surface area contributed by atoms with Crippen molar-refractivity contribution in [1.82, 2.24) is 15.3 Å². The number of hydrogen-bond donors (Lipinski definition) is 1. The first-order valence-corrected chi connectivity index (χ1v) is 7.58. The van der Waals surface area contributed by atoms with Crippen molar-refractivity contribution in [2.75, 3.05) is 7.11 Å². The number of carbonyl (C=O) groups is 1. The molecule has 1 aromatic rings. The van der Waals surface area contributed by atoms with E-state index in [1.165, 1.54) is 7.11 Å². The second-order valence-corrected chi connectivity index (χ2v) is 6.85. The van der Waals surface area contributed by atoms with Gasteiger partial charge >= 0.3 is 6.01 Å². The molecular weight excluding hydrogens is 282 g/mol. The third-order valence-corrected chi connectivity index (χ3v) is 3.90. The van der Waals surface area contributed by atoms with Crippen molar-refractivity contribution in [2.24, 2.45) is 5.41 Å². The monoisotopic (exact) mass is 307 g/mol. The van der Waals surface area contributed by atoms with E-state index >= 15 is 0 Å². The van der Waals surface area contributed by atoms with Gasteiger partial charge in [0.05, 0.1) is 19.3 Å². The number of carbonyl (C=O) groups excluding carboxylic acids is 1. The Bertz CT molecular complexity index is 510. The fourth-order valence-corrected chi connectivity index (χ4v) is 2.70. The molecule has 0 aromatic carbocycles. The molecule has 1 aliphatic rings. The Balaban J connectivity index is 2.18. The maximum absolute atomic E-state index is 11.4. The average Bonchev–Trinajstić information content (AvgIpc) is 2.45. The van der Waals surface area contributed by atoms with Gasteiger partial charge in [-0.1, -0.05) is 20.8 Å². The minimum absolute atomic E-state index is 0.00269. The highest BCUT2D eigenvalue weighted by Crippen LogP contribution is 2.38. The van der Waals surface area contributed by atoms with Gasteiger partial charge in [0.2, 0.25) is 5.91 Å². The zero-order chi connectivity index (χ0) is 16.3. The van der Waals surface area contributed by atoms with E-state index in [2.05, 4.69) is 36.1 Å². The van der Waals surface area contributed by atoms with Crippen molar-refractivity contribution in [2.45, 2.75) is 58.8 Å². The molecule has 1 amide bonds. The van der Waals surface area contributed by atoms with Crippen molar-refractivity contribution in [1.29, 1.82) is 0 Å². The quantitative estimate of drug-likeness (QED) is 0.927. The van der Waals surface area contributed by atoms with Crippen molar-refractivity contribution < 1.29 is 14.3 Å². The Labute approximate surface area is 131 Å². The Morgan fingerprint density at radius 2 is 1.95 bits per heavy atom. The normalized spacial score (nSPS) is 25.6. The number of rotatable bonds is 3.